The largest absolute Gasteiger partial charge is 0.492 e. The van der Waals surface area contributed by atoms with Crippen molar-refractivity contribution in [1.29, 1.82) is 0 Å². The third-order valence-corrected chi connectivity index (χ3v) is 3.98. The van der Waals surface area contributed by atoms with Crippen molar-refractivity contribution >= 4 is 16.8 Å². The highest BCUT2D eigenvalue weighted by molar-refractivity contribution is 5.79. The number of aryl methyl sites for hydroxylation is 2. The fourth-order valence-electron chi connectivity index (χ4n) is 2.66. The molecule has 6 nitrogen and oxygen atoms in total. The van der Waals surface area contributed by atoms with E-state index in [0.29, 0.717) is 24.1 Å². The maximum atomic E-state index is 12.5. The first-order valence-electron chi connectivity index (χ1n) is 8.45. The van der Waals surface area contributed by atoms with E-state index in [1.165, 1.54) is 10.9 Å². The molecule has 0 saturated carbocycles. The number of aromatic nitrogens is 2. The molecule has 134 valence electrons. The van der Waals surface area contributed by atoms with Gasteiger partial charge in [-0.3, -0.25) is 14.2 Å². The Bertz CT molecular complexity index is 995. The molecule has 0 aliphatic carbocycles. The smallest absolute Gasteiger partial charge is 0.261 e. The van der Waals surface area contributed by atoms with Crippen LogP contribution >= 0.6 is 0 Å². The Labute approximate surface area is 151 Å². The maximum Gasteiger partial charge on any atom is 0.261 e. The van der Waals surface area contributed by atoms with Crippen molar-refractivity contribution < 1.29 is 9.53 Å². The minimum atomic E-state index is -0.256. The van der Waals surface area contributed by atoms with Gasteiger partial charge in [0.15, 0.2) is 0 Å². The number of nitrogens with one attached hydrogen (secondary N) is 1. The highest BCUT2D eigenvalue weighted by Crippen LogP contribution is 2.11. The van der Waals surface area contributed by atoms with Crippen LogP contribution in [0.2, 0.25) is 0 Å². The zero-order valence-corrected chi connectivity index (χ0v) is 14.9. The van der Waals surface area contributed by atoms with E-state index in [1.54, 1.807) is 12.1 Å². The molecule has 0 spiro atoms. The minimum absolute atomic E-state index is 0.0693. The Hall–Kier alpha value is -3.15. The molecule has 0 radical (unpaired) electrons. The lowest BCUT2D eigenvalue weighted by Gasteiger charge is -2.10. The normalized spacial score (nSPS) is 10.7. The number of amides is 1. The van der Waals surface area contributed by atoms with E-state index in [0.717, 1.165) is 16.9 Å². The van der Waals surface area contributed by atoms with E-state index in [1.807, 2.05) is 44.2 Å². The number of ether oxygens (including phenoxy) is 1. The molecule has 2 aromatic carbocycles. The number of hydrogen-bond acceptors (Lipinski definition) is 4. The standard InChI is InChI=1S/C20H21N3O3/c1-14-4-3-5-16(10-14)26-9-8-21-19(24)12-23-13-22-18-7-6-15(2)11-17(18)20(23)25/h3-7,10-11,13H,8-9,12H2,1-2H3,(H,21,24). The summed E-state index contributed by atoms with van der Waals surface area (Å²) in [5, 5.41) is 3.27. The first kappa shape index (κ1) is 17.7. The van der Waals surface area contributed by atoms with E-state index in [-0.39, 0.29) is 18.0 Å². The lowest BCUT2D eigenvalue weighted by molar-refractivity contribution is -0.121. The SMILES string of the molecule is Cc1cccc(OCCNC(=O)Cn2cnc3ccc(C)cc3c2=O)c1. The van der Waals surface area contributed by atoms with Gasteiger partial charge in [0.1, 0.15) is 18.9 Å². The van der Waals surface area contributed by atoms with Crippen LogP contribution < -0.4 is 15.6 Å². The van der Waals surface area contributed by atoms with Gasteiger partial charge in [0.05, 0.1) is 23.8 Å². The van der Waals surface area contributed by atoms with Crippen molar-refractivity contribution in [2.45, 2.75) is 20.4 Å². The quantitative estimate of drug-likeness (QED) is 0.691. The number of nitrogens with zero attached hydrogens (tertiary/aromatic N) is 2. The van der Waals surface area contributed by atoms with E-state index < -0.39 is 0 Å². The Morgan fingerprint density at radius 3 is 2.77 bits per heavy atom. The van der Waals surface area contributed by atoms with Crippen LogP contribution in [-0.4, -0.2) is 28.6 Å². The molecule has 3 aromatic rings. The summed E-state index contributed by atoms with van der Waals surface area (Å²) in [6.07, 6.45) is 1.41. The molecule has 0 aliphatic rings. The molecule has 3 rings (SSSR count). The van der Waals surface area contributed by atoms with Crippen molar-refractivity contribution in [3.05, 3.63) is 70.3 Å². The summed E-state index contributed by atoms with van der Waals surface area (Å²) in [6.45, 7) is 4.56. The van der Waals surface area contributed by atoms with E-state index in [9.17, 15) is 9.59 Å². The molecule has 1 aromatic heterocycles. The Morgan fingerprint density at radius 2 is 1.96 bits per heavy atom. The summed E-state index contributed by atoms with van der Waals surface area (Å²) in [5.41, 5.74) is 2.51. The Balaban J connectivity index is 1.56. The number of fused-ring (bicyclic) bond motifs is 1. The molecule has 0 atom stereocenters. The van der Waals surface area contributed by atoms with Crippen LogP contribution in [0.5, 0.6) is 5.75 Å². The van der Waals surface area contributed by atoms with Crippen molar-refractivity contribution in [2.75, 3.05) is 13.2 Å². The van der Waals surface area contributed by atoms with Crippen molar-refractivity contribution in [2.24, 2.45) is 0 Å². The van der Waals surface area contributed by atoms with Crippen LogP contribution in [0.4, 0.5) is 0 Å². The molecular formula is C20H21N3O3. The summed E-state index contributed by atoms with van der Waals surface area (Å²) < 4.78 is 6.90. The number of hydrogen-bond donors (Lipinski definition) is 1. The Kier molecular flexibility index (Phi) is 5.31. The van der Waals surface area contributed by atoms with Crippen LogP contribution in [-0.2, 0) is 11.3 Å². The predicted molar refractivity (Wildman–Crippen MR) is 100 cm³/mol. The van der Waals surface area contributed by atoms with Crippen LogP contribution in [0.15, 0.2) is 53.6 Å². The van der Waals surface area contributed by atoms with Crippen LogP contribution in [0, 0.1) is 13.8 Å². The zero-order valence-electron chi connectivity index (χ0n) is 14.9. The van der Waals surface area contributed by atoms with Gasteiger partial charge in [-0.15, -0.1) is 0 Å². The average Bonchev–Trinajstić information content (AvgIpc) is 2.62. The fourth-order valence-corrected chi connectivity index (χ4v) is 2.66. The summed E-state index contributed by atoms with van der Waals surface area (Å²) in [4.78, 5) is 28.8. The number of rotatable bonds is 6. The topological polar surface area (TPSA) is 73.2 Å². The van der Waals surface area contributed by atoms with Crippen LogP contribution in [0.3, 0.4) is 0 Å². The van der Waals surface area contributed by atoms with Crippen molar-refractivity contribution in [3.8, 4) is 5.75 Å². The van der Waals surface area contributed by atoms with Gasteiger partial charge in [0, 0.05) is 0 Å². The molecule has 1 amide bonds. The molecule has 0 unspecified atom stereocenters. The van der Waals surface area contributed by atoms with Gasteiger partial charge in [0.2, 0.25) is 5.91 Å². The second-order valence-electron chi connectivity index (χ2n) is 6.21. The minimum Gasteiger partial charge on any atom is -0.492 e. The van der Waals surface area contributed by atoms with E-state index in [2.05, 4.69) is 10.3 Å². The van der Waals surface area contributed by atoms with Gasteiger partial charge in [0.25, 0.3) is 5.56 Å². The van der Waals surface area contributed by atoms with Gasteiger partial charge in [-0.1, -0.05) is 23.8 Å². The monoisotopic (exact) mass is 351 g/mol. The predicted octanol–water partition coefficient (Wildman–Crippen LogP) is 2.21. The highest BCUT2D eigenvalue weighted by atomic mass is 16.5. The van der Waals surface area contributed by atoms with Crippen LogP contribution in [0.25, 0.3) is 10.9 Å². The summed E-state index contributed by atoms with van der Waals surface area (Å²) in [6, 6.07) is 13.2. The van der Waals surface area contributed by atoms with Gasteiger partial charge < -0.3 is 10.1 Å². The third-order valence-electron chi connectivity index (χ3n) is 3.98. The molecule has 1 heterocycles. The lowest BCUT2D eigenvalue weighted by Crippen LogP contribution is -2.34. The maximum absolute atomic E-state index is 12.5. The first-order valence-corrected chi connectivity index (χ1v) is 8.45. The summed E-state index contributed by atoms with van der Waals surface area (Å²) in [5.74, 6) is 0.512. The van der Waals surface area contributed by atoms with E-state index >= 15 is 0 Å². The highest BCUT2D eigenvalue weighted by Gasteiger charge is 2.08. The molecular weight excluding hydrogens is 330 g/mol. The second kappa shape index (κ2) is 7.82. The number of carbonyl (C=O) groups is 1. The lowest BCUT2D eigenvalue weighted by atomic mass is 10.2. The van der Waals surface area contributed by atoms with Gasteiger partial charge >= 0.3 is 0 Å². The number of benzene rings is 2. The molecule has 26 heavy (non-hydrogen) atoms. The first-order chi connectivity index (χ1) is 12.5. The van der Waals surface area contributed by atoms with E-state index in [4.69, 9.17) is 4.74 Å². The Morgan fingerprint density at radius 1 is 1.15 bits per heavy atom. The summed E-state index contributed by atoms with van der Waals surface area (Å²) >= 11 is 0. The molecule has 1 N–H and O–H groups in total. The molecule has 6 heteroatoms. The molecule has 0 bridgehead atoms. The second-order valence-corrected chi connectivity index (χ2v) is 6.21. The van der Waals surface area contributed by atoms with Crippen molar-refractivity contribution in [1.82, 2.24) is 14.9 Å². The fraction of sp³-hybridized carbons (Fsp3) is 0.250. The zero-order chi connectivity index (χ0) is 18.5. The van der Waals surface area contributed by atoms with Gasteiger partial charge in [-0.2, -0.15) is 0 Å². The van der Waals surface area contributed by atoms with Gasteiger partial charge in [-0.25, -0.2) is 4.98 Å². The third kappa shape index (κ3) is 4.27. The van der Waals surface area contributed by atoms with Crippen LogP contribution in [0.1, 0.15) is 11.1 Å². The molecule has 0 aliphatic heterocycles. The summed E-state index contributed by atoms with van der Waals surface area (Å²) in [7, 11) is 0. The molecule has 0 fully saturated rings. The van der Waals surface area contributed by atoms with Gasteiger partial charge in [-0.05, 0) is 43.7 Å². The van der Waals surface area contributed by atoms with Crippen molar-refractivity contribution in [3.63, 3.8) is 0 Å². The number of carbonyl (C=O) groups excluding carboxylic acids is 1. The average molecular weight is 351 g/mol. The molecule has 0 saturated heterocycles.